The van der Waals surface area contributed by atoms with Gasteiger partial charge < -0.3 is 14.5 Å². The Morgan fingerprint density at radius 1 is 0.971 bits per heavy atom. The summed E-state index contributed by atoms with van der Waals surface area (Å²) in [6.07, 6.45) is 0.473. The molecular weight excluding hydrogens is 470 g/mol. The lowest BCUT2D eigenvalue weighted by atomic mass is 10.2. The van der Waals surface area contributed by atoms with Crippen LogP contribution in [-0.2, 0) is 19.3 Å². The quantitative estimate of drug-likeness (QED) is 0.417. The number of nitrogens with one attached hydrogen (secondary N) is 1. The van der Waals surface area contributed by atoms with Crippen LogP contribution in [0.15, 0.2) is 72.1 Å². The molecule has 0 aliphatic carbocycles. The van der Waals surface area contributed by atoms with Crippen molar-refractivity contribution in [3.05, 3.63) is 72.1 Å². The van der Waals surface area contributed by atoms with E-state index < -0.39 is 36.2 Å². The van der Waals surface area contributed by atoms with Gasteiger partial charge in [0.15, 0.2) is 0 Å². The van der Waals surface area contributed by atoms with Gasteiger partial charge in [-0.25, -0.2) is 4.79 Å². The van der Waals surface area contributed by atoms with Crippen LogP contribution in [0.3, 0.4) is 0 Å². The van der Waals surface area contributed by atoms with Gasteiger partial charge in [0.2, 0.25) is 0 Å². The van der Waals surface area contributed by atoms with Crippen molar-refractivity contribution in [1.29, 1.82) is 0 Å². The zero-order valence-corrected chi connectivity index (χ0v) is 22.4. The number of rotatable bonds is 8. The van der Waals surface area contributed by atoms with Crippen LogP contribution in [0, 0.1) is 0 Å². The molecule has 0 heterocycles. The fraction of sp³-hybridized carbons (Fsp3) is 0.400. The van der Waals surface area contributed by atoms with Crippen LogP contribution in [0.25, 0.3) is 0 Å². The number of hydrogen-bond acceptors (Lipinski definition) is 5. The summed E-state index contributed by atoms with van der Waals surface area (Å²) < 4.78 is 44.0. The molecule has 0 unspecified atom stereocenters. The minimum absolute atomic E-state index is 0.0292. The third kappa shape index (κ3) is 7.80. The highest BCUT2D eigenvalue weighted by molar-refractivity contribution is 7.88. The summed E-state index contributed by atoms with van der Waals surface area (Å²) in [5, 5.41) is 5.07. The molecule has 2 N–H and O–H groups in total. The first-order valence-electron chi connectivity index (χ1n) is 11.0. The first-order chi connectivity index (χ1) is 15.6. The number of benzene rings is 2. The molecular formula is C25H35NO6SSi. The van der Waals surface area contributed by atoms with Crippen LogP contribution in [0.4, 0.5) is 4.79 Å². The molecule has 0 aliphatic rings. The molecule has 0 saturated carbocycles. The third-order valence-corrected chi connectivity index (χ3v) is 10.6. The average Bonchev–Trinajstić information content (AvgIpc) is 2.71. The highest BCUT2D eigenvalue weighted by Crippen LogP contribution is 2.36. The van der Waals surface area contributed by atoms with Crippen LogP contribution < -0.4 is 15.7 Å². The van der Waals surface area contributed by atoms with E-state index in [0.29, 0.717) is 5.41 Å². The Morgan fingerprint density at radius 3 is 1.82 bits per heavy atom. The lowest BCUT2D eigenvalue weighted by Crippen LogP contribution is -2.67. The van der Waals surface area contributed by atoms with Crippen molar-refractivity contribution < 1.29 is 26.9 Å². The van der Waals surface area contributed by atoms with E-state index in [1.165, 1.54) is 6.08 Å². The topological polar surface area (TPSA) is 102 Å². The standard InChI is InChI=1S/C25H35NO6SSi/c1-24(2,3)32-23(27)26-20(17-18-33(28,29)30)19-31-34(25(4,5)6,21-13-9-7-10-14-21)22-15-11-8-12-16-22/h7-18,20H,19H2,1-6H3,(H,26,27)(H,28,29,30)/b18-17+/t20-/m1/s1. The number of carbonyl (C=O) groups is 1. The summed E-state index contributed by atoms with van der Waals surface area (Å²) >= 11 is 0. The molecule has 1 atom stereocenters. The summed E-state index contributed by atoms with van der Waals surface area (Å²) in [6.45, 7) is 11.5. The van der Waals surface area contributed by atoms with Crippen molar-refractivity contribution in [2.45, 2.75) is 58.2 Å². The van der Waals surface area contributed by atoms with Crippen LogP contribution in [0.1, 0.15) is 41.5 Å². The van der Waals surface area contributed by atoms with Crippen LogP contribution >= 0.6 is 0 Å². The first kappa shape index (κ1) is 27.8. The van der Waals surface area contributed by atoms with Crippen molar-refractivity contribution in [3.63, 3.8) is 0 Å². The van der Waals surface area contributed by atoms with E-state index >= 15 is 0 Å². The summed E-state index contributed by atoms with van der Waals surface area (Å²) in [6, 6.07) is 19.0. The predicted octanol–water partition coefficient (Wildman–Crippen LogP) is 3.86. The van der Waals surface area contributed by atoms with Crippen molar-refractivity contribution in [2.75, 3.05) is 6.61 Å². The highest BCUT2D eigenvalue weighted by atomic mass is 32.2. The molecule has 0 bridgehead atoms. The minimum Gasteiger partial charge on any atom is -0.444 e. The maximum Gasteiger partial charge on any atom is 0.408 e. The SMILES string of the molecule is CC(C)(C)OC(=O)N[C@H](/C=C/S(=O)(=O)O)CO[Si](c1ccccc1)(c1ccccc1)C(C)(C)C. The molecule has 2 rings (SSSR count). The van der Waals surface area contributed by atoms with Gasteiger partial charge in [0.05, 0.1) is 18.1 Å². The fourth-order valence-corrected chi connectivity index (χ4v) is 8.75. The molecule has 7 nitrogen and oxygen atoms in total. The van der Waals surface area contributed by atoms with Crippen molar-refractivity contribution in [3.8, 4) is 0 Å². The van der Waals surface area contributed by atoms with Gasteiger partial charge >= 0.3 is 6.09 Å². The first-order valence-corrected chi connectivity index (χ1v) is 14.5. The highest BCUT2D eigenvalue weighted by Gasteiger charge is 2.50. The summed E-state index contributed by atoms with van der Waals surface area (Å²) in [4.78, 5) is 12.4. The Hall–Kier alpha value is -2.46. The number of ether oxygens (including phenoxy) is 1. The van der Waals surface area contributed by atoms with Crippen LogP contribution in [0.2, 0.25) is 5.04 Å². The van der Waals surface area contributed by atoms with Gasteiger partial charge in [0.1, 0.15) is 5.60 Å². The van der Waals surface area contributed by atoms with Gasteiger partial charge in [-0.2, -0.15) is 8.42 Å². The van der Waals surface area contributed by atoms with Gasteiger partial charge in [0, 0.05) is 0 Å². The van der Waals surface area contributed by atoms with Crippen molar-refractivity contribution in [1.82, 2.24) is 5.32 Å². The van der Waals surface area contributed by atoms with Gasteiger partial charge in [-0.3, -0.25) is 4.55 Å². The van der Waals surface area contributed by atoms with E-state index in [4.69, 9.17) is 9.16 Å². The Balaban J connectivity index is 2.50. The van der Waals surface area contributed by atoms with E-state index in [2.05, 4.69) is 26.1 Å². The van der Waals surface area contributed by atoms with E-state index in [0.717, 1.165) is 10.4 Å². The molecule has 0 spiro atoms. The number of hydrogen-bond donors (Lipinski definition) is 2. The van der Waals surface area contributed by atoms with Gasteiger partial charge in [-0.05, 0) is 42.3 Å². The second kappa shape index (κ2) is 10.9. The molecule has 34 heavy (non-hydrogen) atoms. The third-order valence-electron chi connectivity index (χ3n) is 5.08. The molecule has 2 aromatic rings. The lowest BCUT2D eigenvalue weighted by molar-refractivity contribution is 0.0500. The van der Waals surface area contributed by atoms with Gasteiger partial charge in [-0.1, -0.05) is 81.4 Å². The minimum atomic E-state index is -4.39. The summed E-state index contributed by atoms with van der Waals surface area (Å²) in [5.74, 6) is 0. The zero-order valence-electron chi connectivity index (χ0n) is 20.6. The Morgan fingerprint density at radius 2 is 1.44 bits per heavy atom. The van der Waals surface area contributed by atoms with Crippen LogP contribution in [-0.4, -0.2) is 45.6 Å². The number of carbonyl (C=O) groups excluding carboxylic acids is 1. The Kier molecular flexibility index (Phi) is 8.87. The van der Waals surface area contributed by atoms with Gasteiger partial charge in [-0.15, -0.1) is 0 Å². The second-order valence-electron chi connectivity index (χ2n) is 10.1. The smallest absolute Gasteiger partial charge is 0.408 e. The zero-order chi connectivity index (χ0) is 25.6. The molecule has 186 valence electrons. The van der Waals surface area contributed by atoms with Crippen LogP contribution in [0.5, 0.6) is 0 Å². The largest absolute Gasteiger partial charge is 0.444 e. The normalized spacial score (nSPS) is 14.1. The maximum absolute atomic E-state index is 12.4. The van der Waals surface area contributed by atoms with E-state index in [1.54, 1.807) is 20.8 Å². The molecule has 0 aromatic heterocycles. The molecule has 0 fully saturated rings. The maximum atomic E-state index is 12.4. The number of amides is 1. The summed E-state index contributed by atoms with van der Waals surface area (Å²) in [7, 11) is -7.32. The molecule has 2 aromatic carbocycles. The van der Waals surface area contributed by atoms with E-state index in [-0.39, 0.29) is 11.6 Å². The fourth-order valence-electron chi connectivity index (χ4n) is 3.77. The Labute approximate surface area is 204 Å². The number of alkyl carbamates (subject to hydrolysis) is 1. The van der Waals surface area contributed by atoms with Gasteiger partial charge in [0.25, 0.3) is 18.4 Å². The molecule has 0 saturated heterocycles. The molecule has 0 radical (unpaired) electrons. The molecule has 9 heteroatoms. The van der Waals surface area contributed by atoms with Crippen molar-refractivity contribution >= 4 is 34.9 Å². The molecule has 1 amide bonds. The second-order valence-corrected chi connectivity index (χ2v) is 15.7. The van der Waals surface area contributed by atoms with E-state index in [9.17, 15) is 17.8 Å². The predicted molar refractivity (Wildman–Crippen MR) is 137 cm³/mol. The summed E-state index contributed by atoms with van der Waals surface area (Å²) in [5.41, 5.74) is -0.736. The average molecular weight is 506 g/mol. The Bertz CT molecular complexity index is 1030. The molecule has 0 aliphatic heterocycles. The van der Waals surface area contributed by atoms with E-state index in [1.807, 2.05) is 60.7 Å². The lowest BCUT2D eigenvalue weighted by Gasteiger charge is -2.43. The van der Waals surface area contributed by atoms with Crippen molar-refractivity contribution in [2.24, 2.45) is 0 Å². The monoisotopic (exact) mass is 505 g/mol.